The molecule has 16 heavy (non-hydrogen) atoms. The average Bonchev–Trinajstić information content (AvgIpc) is 2.41. The van der Waals surface area contributed by atoms with Crippen LogP contribution in [0.25, 0.3) is 0 Å². The number of carboxylic acids is 1. The Bertz CT molecular complexity index is 405. The molecule has 10 heteroatoms. The molecule has 4 N–H and O–H groups in total. The van der Waals surface area contributed by atoms with Crippen LogP contribution in [-0.4, -0.2) is 42.8 Å². The van der Waals surface area contributed by atoms with Gasteiger partial charge in [0.15, 0.2) is 0 Å². The van der Waals surface area contributed by atoms with Crippen LogP contribution in [0.5, 0.6) is 0 Å². The first-order valence-electron chi connectivity index (χ1n) is 4.15. The van der Waals surface area contributed by atoms with Gasteiger partial charge >= 0.3 is 11.9 Å². The maximum Gasteiger partial charge on any atom is 0.325 e. The number of rotatable bonds is 4. The minimum absolute atomic E-state index is 0.923. The van der Waals surface area contributed by atoms with Gasteiger partial charge in [0, 0.05) is 0 Å². The van der Waals surface area contributed by atoms with Crippen molar-refractivity contribution in [3.05, 3.63) is 0 Å². The van der Waals surface area contributed by atoms with Gasteiger partial charge in [0.1, 0.15) is 18.1 Å². The second-order valence-corrected chi connectivity index (χ2v) is 4.62. The molecule has 1 heterocycles. The number of ether oxygens (including phenoxy) is 1. The molecule has 0 aromatic heterocycles. The molecule has 0 radical (unpaired) electrons. The third-order valence-corrected chi connectivity index (χ3v) is 2.91. The summed E-state index contributed by atoms with van der Waals surface area (Å²) in [4.78, 5) is 22.9. The van der Waals surface area contributed by atoms with Crippen LogP contribution in [0.3, 0.4) is 0 Å². The fraction of sp³-hybridized carbons (Fsp3) is 0.667. The standard InChI is InChI=1S/C6H10N2O7S/c1-2-3(5(9)10)4(6(11)15-2)7-16(13,14)8-12/h2-4,7-8,12H,1H3,(H,9,10)/t2-,3-,4-/m0/s1. The summed E-state index contributed by atoms with van der Waals surface area (Å²) >= 11 is 0. The molecule has 1 saturated heterocycles. The van der Waals surface area contributed by atoms with E-state index in [1.807, 2.05) is 0 Å². The van der Waals surface area contributed by atoms with Gasteiger partial charge in [0.25, 0.3) is 10.2 Å². The van der Waals surface area contributed by atoms with Gasteiger partial charge < -0.3 is 15.1 Å². The van der Waals surface area contributed by atoms with Crippen LogP contribution in [0.2, 0.25) is 0 Å². The van der Waals surface area contributed by atoms with Gasteiger partial charge in [-0.15, -0.1) is 0 Å². The van der Waals surface area contributed by atoms with Gasteiger partial charge in [0.2, 0.25) is 0 Å². The lowest BCUT2D eigenvalue weighted by Gasteiger charge is -2.14. The van der Waals surface area contributed by atoms with E-state index in [0.717, 1.165) is 4.89 Å². The lowest BCUT2D eigenvalue weighted by Crippen LogP contribution is -2.49. The Balaban J connectivity index is 2.93. The van der Waals surface area contributed by atoms with Gasteiger partial charge in [-0.2, -0.15) is 13.1 Å². The first kappa shape index (κ1) is 12.8. The van der Waals surface area contributed by atoms with E-state index in [1.165, 1.54) is 6.92 Å². The van der Waals surface area contributed by atoms with Gasteiger partial charge in [-0.25, -0.2) is 0 Å². The lowest BCUT2D eigenvalue weighted by molar-refractivity contribution is -0.143. The second-order valence-electron chi connectivity index (χ2n) is 3.20. The first-order chi connectivity index (χ1) is 7.28. The maximum atomic E-state index is 11.2. The van der Waals surface area contributed by atoms with Crippen molar-refractivity contribution in [3.63, 3.8) is 0 Å². The van der Waals surface area contributed by atoms with Crippen LogP contribution in [0, 0.1) is 5.92 Å². The highest BCUT2D eigenvalue weighted by Gasteiger charge is 2.48. The number of hydrogen-bond donors (Lipinski definition) is 4. The average molecular weight is 254 g/mol. The molecule has 1 fully saturated rings. The fourth-order valence-electron chi connectivity index (χ4n) is 1.41. The lowest BCUT2D eigenvalue weighted by atomic mass is 9.99. The molecule has 0 bridgehead atoms. The Morgan fingerprint density at radius 3 is 2.50 bits per heavy atom. The highest BCUT2D eigenvalue weighted by Crippen LogP contribution is 2.23. The van der Waals surface area contributed by atoms with E-state index in [1.54, 1.807) is 4.72 Å². The molecule has 0 aromatic rings. The van der Waals surface area contributed by atoms with E-state index in [-0.39, 0.29) is 0 Å². The SMILES string of the molecule is C[C@@H]1OC(=O)[C@@H](NS(=O)(=O)NO)[C@H]1C(=O)O. The number of cyclic esters (lactones) is 1. The molecule has 0 saturated carbocycles. The van der Waals surface area contributed by atoms with Crippen LogP contribution < -0.4 is 9.61 Å². The van der Waals surface area contributed by atoms with Crippen molar-refractivity contribution in [1.82, 2.24) is 9.61 Å². The van der Waals surface area contributed by atoms with Crippen molar-refractivity contribution < 1.29 is 33.1 Å². The molecule has 1 aliphatic heterocycles. The van der Waals surface area contributed by atoms with Crippen LogP contribution in [0.1, 0.15) is 6.92 Å². The summed E-state index contributed by atoms with van der Waals surface area (Å²) < 4.78 is 28.1. The molecule has 92 valence electrons. The number of hydrogen-bond acceptors (Lipinski definition) is 6. The van der Waals surface area contributed by atoms with Crippen LogP contribution in [0.15, 0.2) is 0 Å². The largest absolute Gasteiger partial charge is 0.481 e. The molecule has 0 aromatic carbocycles. The number of carboxylic acid groups (broad SMARTS) is 1. The topological polar surface area (TPSA) is 142 Å². The van der Waals surface area contributed by atoms with Gasteiger partial charge in [-0.05, 0) is 6.92 Å². The van der Waals surface area contributed by atoms with Gasteiger partial charge in [-0.1, -0.05) is 4.89 Å². The number of aliphatic carboxylic acids is 1. The molecule has 0 spiro atoms. The fourth-order valence-corrected chi connectivity index (χ4v) is 2.04. The monoisotopic (exact) mass is 254 g/mol. The summed E-state index contributed by atoms with van der Waals surface area (Å²) in [6.07, 6.45) is -0.948. The van der Waals surface area contributed by atoms with E-state index in [4.69, 9.17) is 10.3 Å². The van der Waals surface area contributed by atoms with Gasteiger partial charge in [-0.3, -0.25) is 9.59 Å². The zero-order valence-corrected chi connectivity index (χ0v) is 8.89. The summed E-state index contributed by atoms with van der Waals surface area (Å²) in [6.45, 7) is 1.33. The van der Waals surface area contributed by atoms with Crippen molar-refractivity contribution in [2.75, 3.05) is 0 Å². The van der Waals surface area contributed by atoms with Crippen LogP contribution in [-0.2, 0) is 24.5 Å². The Kier molecular flexibility index (Phi) is 3.48. The Morgan fingerprint density at radius 1 is 1.50 bits per heavy atom. The number of esters is 1. The third-order valence-electron chi connectivity index (χ3n) is 2.11. The van der Waals surface area contributed by atoms with Crippen molar-refractivity contribution in [1.29, 1.82) is 0 Å². The molecule has 1 rings (SSSR count). The zero-order valence-electron chi connectivity index (χ0n) is 8.08. The maximum absolute atomic E-state index is 11.2. The number of carbonyl (C=O) groups is 2. The second kappa shape index (κ2) is 4.33. The minimum atomic E-state index is -4.33. The smallest absolute Gasteiger partial charge is 0.325 e. The Hall–Kier alpha value is -1.23. The predicted octanol–water partition coefficient (Wildman–Crippen LogP) is -2.19. The summed E-state index contributed by atoms with van der Waals surface area (Å²) in [5.41, 5.74) is 0. The summed E-state index contributed by atoms with van der Waals surface area (Å²) in [5, 5.41) is 17.0. The summed E-state index contributed by atoms with van der Waals surface area (Å²) in [7, 11) is -4.33. The van der Waals surface area contributed by atoms with Crippen molar-refractivity contribution in [3.8, 4) is 0 Å². The van der Waals surface area contributed by atoms with E-state index in [2.05, 4.69) is 4.74 Å². The van der Waals surface area contributed by atoms with Crippen molar-refractivity contribution in [2.24, 2.45) is 5.92 Å². The molecule has 9 nitrogen and oxygen atoms in total. The molecule has 0 aliphatic carbocycles. The predicted molar refractivity (Wildman–Crippen MR) is 47.4 cm³/mol. The molecule has 0 amide bonds. The molecule has 3 atom stereocenters. The third kappa shape index (κ3) is 2.47. The van der Waals surface area contributed by atoms with E-state index in [0.29, 0.717) is 0 Å². The zero-order chi connectivity index (χ0) is 12.5. The van der Waals surface area contributed by atoms with Crippen LogP contribution >= 0.6 is 0 Å². The minimum Gasteiger partial charge on any atom is -0.481 e. The Labute approximate surface area is 90.5 Å². The quantitative estimate of drug-likeness (QED) is 0.330. The molecule has 1 aliphatic rings. The highest BCUT2D eigenvalue weighted by molar-refractivity contribution is 7.87. The molecular weight excluding hydrogens is 244 g/mol. The summed E-state index contributed by atoms with van der Waals surface area (Å²) in [5.74, 6) is -3.71. The van der Waals surface area contributed by atoms with E-state index >= 15 is 0 Å². The van der Waals surface area contributed by atoms with Crippen LogP contribution in [0.4, 0.5) is 0 Å². The summed E-state index contributed by atoms with van der Waals surface area (Å²) in [6, 6.07) is -1.56. The van der Waals surface area contributed by atoms with Crippen molar-refractivity contribution in [2.45, 2.75) is 19.1 Å². The molecule has 0 unspecified atom stereocenters. The number of carbonyl (C=O) groups excluding carboxylic acids is 1. The van der Waals surface area contributed by atoms with E-state index in [9.17, 15) is 18.0 Å². The highest BCUT2D eigenvalue weighted by atomic mass is 32.2. The van der Waals surface area contributed by atoms with E-state index < -0.39 is 40.2 Å². The van der Waals surface area contributed by atoms with Gasteiger partial charge in [0.05, 0.1) is 0 Å². The van der Waals surface area contributed by atoms with Crippen molar-refractivity contribution >= 4 is 22.1 Å². The Morgan fingerprint density at radius 2 is 2.06 bits per heavy atom. The normalized spacial score (nSPS) is 30.1. The number of nitrogens with one attached hydrogen (secondary N) is 2. The first-order valence-corrected chi connectivity index (χ1v) is 5.63. The molecular formula is C6H10N2O7S.